The van der Waals surface area contributed by atoms with E-state index in [2.05, 4.69) is 34.6 Å². The van der Waals surface area contributed by atoms with Crippen LogP contribution in [-0.4, -0.2) is 21.6 Å². The second kappa shape index (κ2) is 8.85. The smallest absolute Gasteiger partial charge is 0.221 e. The van der Waals surface area contributed by atoms with Crippen LogP contribution in [0.4, 0.5) is 5.69 Å². The summed E-state index contributed by atoms with van der Waals surface area (Å²) in [6.07, 6.45) is 7.39. The fraction of sp³-hybridized carbons (Fsp3) is 0.238. The summed E-state index contributed by atoms with van der Waals surface area (Å²) in [4.78, 5) is 15.2. The summed E-state index contributed by atoms with van der Waals surface area (Å²) in [6.45, 7) is 2.23. The number of amides is 1. The average molecular weight is 349 g/mol. The molecule has 0 aliphatic heterocycles. The normalized spacial score (nSPS) is 11.7. The molecule has 2 aromatic carbocycles. The van der Waals surface area contributed by atoms with Crippen LogP contribution in [0.25, 0.3) is 0 Å². The van der Waals surface area contributed by atoms with Crippen LogP contribution >= 0.6 is 0 Å². The zero-order valence-electron chi connectivity index (χ0n) is 14.8. The molecule has 0 spiro atoms. The lowest BCUT2D eigenvalue weighted by molar-refractivity contribution is -0.114. The predicted octanol–water partition coefficient (Wildman–Crippen LogP) is 3.92. The molecule has 3 aromatic rings. The maximum atomic E-state index is 11.1. The van der Waals surface area contributed by atoms with Crippen molar-refractivity contribution < 1.29 is 9.53 Å². The molecule has 1 amide bonds. The number of aromatic nitrogens is 2. The van der Waals surface area contributed by atoms with Gasteiger partial charge in [-0.2, -0.15) is 0 Å². The van der Waals surface area contributed by atoms with Crippen molar-refractivity contribution in [1.82, 2.24) is 9.55 Å². The number of hydrogen-bond donors (Lipinski definition) is 1. The van der Waals surface area contributed by atoms with Crippen LogP contribution in [0, 0.1) is 0 Å². The zero-order valence-corrected chi connectivity index (χ0v) is 14.8. The molecule has 1 N–H and O–H groups in total. The topological polar surface area (TPSA) is 56.1 Å². The van der Waals surface area contributed by atoms with E-state index in [0.29, 0.717) is 0 Å². The number of nitrogens with one attached hydrogen (secondary N) is 1. The largest absolute Gasteiger partial charge is 0.489 e. The molecule has 0 bridgehead atoms. The van der Waals surface area contributed by atoms with E-state index >= 15 is 0 Å². The Morgan fingerprint density at radius 2 is 1.92 bits per heavy atom. The number of imidazole rings is 1. The van der Waals surface area contributed by atoms with Gasteiger partial charge in [-0.1, -0.05) is 30.3 Å². The Morgan fingerprint density at radius 3 is 2.58 bits per heavy atom. The van der Waals surface area contributed by atoms with Crippen molar-refractivity contribution in [2.75, 3.05) is 5.32 Å². The van der Waals surface area contributed by atoms with Crippen molar-refractivity contribution in [2.45, 2.75) is 32.4 Å². The quantitative estimate of drug-likeness (QED) is 0.670. The van der Waals surface area contributed by atoms with Crippen molar-refractivity contribution in [1.29, 1.82) is 0 Å². The van der Waals surface area contributed by atoms with Crippen LogP contribution < -0.4 is 10.1 Å². The molecule has 1 heterocycles. The predicted molar refractivity (Wildman–Crippen MR) is 102 cm³/mol. The van der Waals surface area contributed by atoms with E-state index in [-0.39, 0.29) is 12.0 Å². The Bertz CT molecular complexity index is 799. The number of anilines is 1. The van der Waals surface area contributed by atoms with Gasteiger partial charge in [0, 0.05) is 25.0 Å². The highest BCUT2D eigenvalue weighted by Crippen LogP contribution is 2.19. The summed E-state index contributed by atoms with van der Waals surface area (Å²) >= 11 is 0. The zero-order chi connectivity index (χ0) is 18.2. The highest BCUT2D eigenvalue weighted by molar-refractivity contribution is 5.88. The van der Waals surface area contributed by atoms with Gasteiger partial charge in [-0.05, 0) is 42.7 Å². The summed E-state index contributed by atoms with van der Waals surface area (Å²) in [5.41, 5.74) is 2.06. The molecule has 0 fully saturated rings. The van der Waals surface area contributed by atoms with Crippen LogP contribution in [0.5, 0.6) is 5.75 Å². The molecular weight excluding hydrogens is 326 g/mol. The molecule has 5 heteroatoms. The number of carbonyl (C=O) groups excluding carboxylic acids is 1. The van der Waals surface area contributed by atoms with Crippen molar-refractivity contribution in [3.05, 3.63) is 78.9 Å². The lowest BCUT2D eigenvalue weighted by Crippen LogP contribution is -2.23. The second-order valence-electron chi connectivity index (χ2n) is 6.23. The Morgan fingerprint density at radius 1 is 1.15 bits per heavy atom. The summed E-state index contributed by atoms with van der Waals surface area (Å²) < 4.78 is 8.24. The molecule has 0 radical (unpaired) electrons. The Hall–Kier alpha value is -3.08. The third-order valence-corrected chi connectivity index (χ3v) is 4.05. The average Bonchev–Trinajstić information content (AvgIpc) is 3.15. The summed E-state index contributed by atoms with van der Waals surface area (Å²) in [5.74, 6) is 0.705. The number of carbonyl (C=O) groups is 1. The van der Waals surface area contributed by atoms with Crippen LogP contribution in [0.1, 0.15) is 18.9 Å². The molecule has 0 saturated heterocycles. The molecule has 0 saturated carbocycles. The molecule has 26 heavy (non-hydrogen) atoms. The number of benzene rings is 2. The summed E-state index contributed by atoms with van der Waals surface area (Å²) in [5, 5.41) is 2.76. The first-order chi connectivity index (χ1) is 12.7. The van der Waals surface area contributed by atoms with Gasteiger partial charge in [-0.15, -0.1) is 0 Å². The Kier molecular flexibility index (Phi) is 6.04. The molecule has 5 nitrogen and oxygen atoms in total. The minimum Gasteiger partial charge on any atom is -0.489 e. The van der Waals surface area contributed by atoms with Crippen molar-refractivity contribution in [2.24, 2.45) is 0 Å². The fourth-order valence-corrected chi connectivity index (χ4v) is 2.80. The van der Waals surface area contributed by atoms with Gasteiger partial charge in [0.25, 0.3) is 0 Å². The van der Waals surface area contributed by atoms with Crippen molar-refractivity contribution in [3.63, 3.8) is 0 Å². The van der Waals surface area contributed by atoms with E-state index in [4.69, 9.17) is 4.74 Å². The standard InChI is InChI=1S/C21H23N3O2/c1-17(25)23-19-8-11-20(12-9-19)26-21(15-24-14-13-22-16-24)10-7-18-5-3-2-4-6-18/h2-6,8-9,11-14,16,21H,7,10,15H2,1H3,(H,23,25). The molecule has 1 aromatic heterocycles. The highest BCUT2D eigenvalue weighted by atomic mass is 16.5. The number of nitrogens with zero attached hydrogens (tertiary/aromatic N) is 2. The van der Waals surface area contributed by atoms with Crippen LogP contribution in [0.2, 0.25) is 0 Å². The van der Waals surface area contributed by atoms with Crippen LogP contribution in [0.15, 0.2) is 73.3 Å². The number of rotatable bonds is 8. The molecule has 134 valence electrons. The lowest BCUT2D eigenvalue weighted by Gasteiger charge is -2.20. The van der Waals surface area contributed by atoms with Gasteiger partial charge in [-0.25, -0.2) is 4.98 Å². The monoisotopic (exact) mass is 349 g/mol. The first-order valence-electron chi connectivity index (χ1n) is 8.73. The van der Waals surface area contributed by atoms with Gasteiger partial charge in [0.1, 0.15) is 11.9 Å². The minimum absolute atomic E-state index is 0.0241. The van der Waals surface area contributed by atoms with Crippen LogP contribution in [0.3, 0.4) is 0 Å². The van der Waals surface area contributed by atoms with Gasteiger partial charge in [-0.3, -0.25) is 4.79 Å². The molecule has 0 aliphatic carbocycles. The van der Waals surface area contributed by atoms with Gasteiger partial charge < -0.3 is 14.6 Å². The van der Waals surface area contributed by atoms with E-state index in [0.717, 1.165) is 30.8 Å². The fourth-order valence-electron chi connectivity index (χ4n) is 2.80. The molecule has 1 atom stereocenters. The Balaban J connectivity index is 1.65. The van der Waals surface area contributed by atoms with Crippen molar-refractivity contribution in [3.8, 4) is 5.75 Å². The first kappa shape index (κ1) is 17.7. The van der Waals surface area contributed by atoms with Gasteiger partial charge in [0.2, 0.25) is 5.91 Å². The molecule has 3 rings (SSSR count). The number of hydrogen-bond acceptors (Lipinski definition) is 3. The van der Waals surface area contributed by atoms with Gasteiger partial charge in [0.05, 0.1) is 12.9 Å². The third kappa shape index (κ3) is 5.48. The molecular formula is C21H23N3O2. The Labute approximate surface area is 153 Å². The van der Waals surface area contributed by atoms with Crippen LogP contribution in [-0.2, 0) is 17.8 Å². The highest BCUT2D eigenvalue weighted by Gasteiger charge is 2.12. The minimum atomic E-state index is -0.0838. The third-order valence-electron chi connectivity index (χ3n) is 4.05. The van der Waals surface area contributed by atoms with E-state index in [9.17, 15) is 4.79 Å². The lowest BCUT2D eigenvalue weighted by atomic mass is 10.1. The summed E-state index contributed by atoms with van der Waals surface area (Å²) in [7, 11) is 0. The van der Waals surface area contributed by atoms with E-state index < -0.39 is 0 Å². The SMILES string of the molecule is CC(=O)Nc1ccc(OC(CCc2ccccc2)Cn2ccnc2)cc1. The van der Waals surface area contributed by atoms with Gasteiger partial charge in [0.15, 0.2) is 0 Å². The van der Waals surface area contributed by atoms with Gasteiger partial charge >= 0.3 is 0 Å². The molecule has 1 unspecified atom stereocenters. The number of aryl methyl sites for hydroxylation is 1. The van der Waals surface area contributed by atoms with Crippen molar-refractivity contribution >= 4 is 11.6 Å². The maximum absolute atomic E-state index is 11.1. The number of ether oxygens (including phenoxy) is 1. The molecule has 0 aliphatic rings. The first-order valence-corrected chi connectivity index (χ1v) is 8.73. The van der Waals surface area contributed by atoms with E-state index in [1.54, 1.807) is 12.5 Å². The maximum Gasteiger partial charge on any atom is 0.221 e. The van der Waals surface area contributed by atoms with E-state index in [1.807, 2.05) is 41.1 Å². The summed E-state index contributed by atoms with van der Waals surface area (Å²) in [6, 6.07) is 17.9. The second-order valence-corrected chi connectivity index (χ2v) is 6.23. The van der Waals surface area contributed by atoms with E-state index in [1.165, 1.54) is 12.5 Å².